The molecule has 0 saturated heterocycles. The minimum absolute atomic E-state index is 0.349. The van der Waals surface area contributed by atoms with Crippen LogP contribution in [0.5, 0.6) is 0 Å². The van der Waals surface area contributed by atoms with Crippen LogP contribution < -0.4 is 4.94 Å². The van der Waals surface area contributed by atoms with Crippen molar-refractivity contribution in [3.63, 3.8) is 0 Å². The Morgan fingerprint density at radius 1 is 1.33 bits per heavy atom. The number of aliphatic carboxylic acids is 1. The van der Waals surface area contributed by atoms with Gasteiger partial charge >= 0.3 is 10.9 Å². The van der Waals surface area contributed by atoms with Gasteiger partial charge in [0, 0.05) is 0 Å². The summed E-state index contributed by atoms with van der Waals surface area (Å²) in [6, 6.07) is 5.27. The summed E-state index contributed by atoms with van der Waals surface area (Å²) in [5.74, 6) is -0.768. The van der Waals surface area contributed by atoms with Crippen LogP contribution >= 0.6 is 11.3 Å². The Bertz CT molecular complexity index is 661. The molecule has 0 spiro atoms. The van der Waals surface area contributed by atoms with Gasteiger partial charge in [0.2, 0.25) is 0 Å². The molecule has 1 fully saturated rings. The van der Waals surface area contributed by atoms with E-state index in [-0.39, 0.29) is 4.94 Å². The van der Waals surface area contributed by atoms with Crippen molar-refractivity contribution in [1.29, 1.82) is 0 Å². The summed E-state index contributed by atoms with van der Waals surface area (Å²) < 4.78 is 5.72. The molecule has 0 aliphatic heterocycles. The highest BCUT2D eigenvalue weighted by molar-refractivity contribution is 7.16. The maximum Gasteiger partial charge on any atom is 0.396 e. The molecule has 18 heavy (non-hydrogen) atoms. The number of benzene rings is 1. The molecule has 1 aromatic heterocycles. The molecule has 4 nitrogen and oxygen atoms in total. The Hall–Kier alpha value is -1.62. The molecule has 0 amide bonds. The molecule has 94 valence electrons. The van der Waals surface area contributed by atoms with Crippen LogP contribution in [-0.4, -0.2) is 11.1 Å². The molecule has 1 N–H and O–H groups in total. The van der Waals surface area contributed by atoms with Gasteiger partial charge in [-0.25, -0.2) is 4.79 Å². The fourth-order valence-corrected chi connectivity index (χ4v) is 3.48. The zero-order valence-corrected chi connectivity index (χ0v) is 10.5. The summed E-state index contributed by atoms with van der Waals surface area (Å²) >= 11 is 1.02. The molecular weight excluding hydrogens is 252 g/mol. The Kier molecular flexibility index (Phi) is 2.52. The van der Waals surface area contributed by atoms with Gasteiger partial charge in [-0.1, -0.05) is 30.2 Å². The first kappa shape index (κ1) is 11.5. The van der Waals surface area contributed by atoms with Crippen LogP contribution in [0.15, 0.2) is 27.4 Å². The third kappa shape index (κ3) is 1.58. The van der Waals surface area contributed by atoms with Gasteiger partial charge in [-0.15, -0.1) is 0 Å². The van der Waals surface area contributed by atoms with E-state index in [1.807, 2.05) is 0 Å². The highest BCUT2D eigenvalue weighted by atomic mass is 32.1. The number of carboxylic acids is 1. The highest BCUT2D eigenvalue weighted by Crippen LogP contribution is 2.42. The lowest BCUT2D eigenvalue weighted by molar-refractivity contribution is -0.143. The molecular formula is C13H12O4S. The smallest absolute Gasteiger partial charge is 0.396 e. The Balaban J connectivity index is 2.17. The van der Waals surface area contributed by atoms with Crippen LogP contribution in [0.1, 0.15) is 31.2 Å². The molecule has 0 radical (unpaired) electrons. The quantitative estimate of drug-likeness (QED) is 0.905. The zero-order chi connectivity index (χ0) is 12.8. The fourth-order valence-electron chi connectivity index (χ4n) is 2.77. The average molecular weight is 264 g/mol. The first-order chi connectivity index (χ1) is 8.62. The highest BCUT2D eigenvalue weighted by Gasteiger charge is 2.43. The lowest BCUT2D eigenvalue weighted by atomic mass is 9.79. The van der Waals surface area contributed by atoms with Crippen molar-refractivity contribution in [2.24, 2.45) is 0 Å². The van der Waals surface area contributed by atoms with Gasteiger partial charge in [0.05, 0.1) is 10.1 Å². The van der Waals surface area contributed by atoms with E-state index >= 15 is 0 Å². The summed E-state index contributed by atoms with van der Waals surface area (Å²) in [5.41, 5.74) is 0.547. The summed E-state index contributed by atoms with van der Waals surface area (Å²) in [6.07, 6.45) is 3.21. The van der Waals surface area contributed by atoms with E-state index in [4.69, 9.17) is 4.42 Å². The number of hydrogen-bond acceptors (Lipinski definition) is 4. The molecule has 3 rings (SSSR count). The van der Waals surface area contributed by atoms with Gasteiger partial charge in [0.1, 0.15) is 5.58 Å². The van der Waals surface area contributed by atoms with Crippen LogP contribution in [0.4, 0.5) is 0 Å². The van der Waals surface area contributed by atoms with E-state index in [1.54, 1.807) is 18.2 Å². The molecule has 5 heteroatoms. The van der Waals surface area contributed by atoms with Crippen LogP contribution in [0.3, 0.4) is 0 Å². The molecule has 1 saturated carbocycles. The van der Waals surface area contributed by atoms with E-state index in [9.17, 15) is 14.7 Å². The van der Waals surface area contributed by atoms with E-state index in [1.165, 1.54) is 0 Å². The lowest BCUT2D eigenvalue weighted by Gasteiger charge is -2.24. The maximum atomic E-state index is 11.6. The zero-order valence-electron chi connectivity index (χ0n) is 9.64. The Morgan fingerprint density at radius 3 is 2.72 bits per heavy atom. The topological polar surface area (TPSA) is 67.5 Å². The van der Waals surface area contributed by atoms with Gasteiger partial charge in [-0.2, -0.15) is 0 Å². The van der Waals surface area contributed by atoms with Gasteiger partial charge in [0.25, 0.3) is 0 Å². The molecule has 0 atom stereocenters. The molecule has 1 aliphatic carbocycles. The number of carbonyl (C=O) groups is 1. The van der Waals surface area contributed by atoms with Gasteiger partial charge < -0.3 is 9.52 Å². The first-order valence-corrected chi connectivity index (χ1v) is 6.71. The van der Waals surface area contributed by atoms with E-state index < -0.39 is 11.4 Å². The predicted octanol–water partition coefficient (Wildman–Crippen LogP) is 2.75. The largest absolute Gasteiger partial charge is 0.481 e. The van der Waals surface area contributed by atoms with Crippen LogP contribution in [-0.2, 0) is 10.2 Å². The Labute approximate surface area is 107 Å². The standard InChI is InChI=1S/C13H12O4S/c14-11(15)13(5-1-2-6-13)8-3-4-9-10(7-8)18-12(16)17-9/h3-4,7H,1-2,5-6H2,(H,14,15). The molecule has 1 heterocycles. The monoisotopic (exact) mass is 264 g/mol. The van der Waals surface area contributed by atoms with Crippen LogP contribution in [0.25, 0.3) is 10.3 Å². The summed E-state index contributed by atoms with van der Waals surface area (Å²) in [7, 11) is 0. The van der Waals surface area contributed by atoms with Crippen LogP contribution in [0, 0.1) is 0 Å². The molecule has 0 bridgehead atoms. The van der Waals surface area contributed by atoms with Crippen molar-refractivity contribution in [1.82, 2.24) is 0 Å². The number of fused-ring (bicyclic) bond motifs is 1. The molecule has 2 aromatic rings. The minimum atomic E-state index is -0.777. The van der Waals surface area contributed by atoms with E-state index in [0.29, 0.717) is 18.4 Å². The van der Waals surface area contributed by atoms with Crippen molar-refractivity contribution in [3.05, 3.63) is 33.5 Å². The number of hydrogen-bond donors (Lipinski definition) is 1. The van der Waals surface area contributed by atoms with Gasteiger partial charge in [-0.05, 0) is 30.5 Å². The molecule has 1 aliphatic rings. The number of carboxylic acid groups (broad SMARTS) is 1. The van der Waals surface area contributed by atoms with Gasteiger partial charge in [-0.3, -0.25) is 4.79 Å². The van der Waals surface area contributed by atoms with Crippen molar-refractivity contribution in [2.75, 3.05) is 0 Å². The second kappa shape index (κ2) is 3.95. The van der Waals surface area contributed by atoms with Gasteiger partial charge in [0.15, 0.2) is 0 Å². The lowest BCUT2D eigenvalue weighted by Crippen LogP contribution is -2.32. The van der Waals surface area contributed by atoms with Crippen LogP contribution in [0.2, 0.25) is 0 Å². The normalized spacial score (nSPS) is 18.2. The SMILES string of the molecule is O=C(O)C1(c2ccc3oc(=O)sc3c2)CCCC1. The first-order valence-electron chi connectivity index (χ1n) is 5.89. The summed E-state index contributed by atoms with van der Waals surface area (Å²) in [4.78, 5) is 22.4. The summed E-state index contributed by atoms with van der Waals surface area (Å²) in [5, 5.41) is 9.51. The van der Waals surface area contributed by atoms with Crippen molar-refractivity contribution in [2.45, 2.75) is 31.1 Å². The second-order valence-corrected chi connectivity index (χ2v) is 5.69. The number of rotatable bonds is 2. The van der Waals surface area contributed by atoms with Crippen molar-refractivity contribution < 1.29 is 14.3 Å². The second-order valence-electron chi connectivity index (χ2n) is 4.71. The summed E-state index contributed by atoms with van der Waals surface area (Å²) in [6.45, 7) is 0. The third-order valence-electron chi connectivity index (χ3n) is 3.75. The average Bonchev–Trinajstić information content (AvgIpc) is 2.92. The third-order valence-corrected chi connectivity index (χ3v) is 4.54. The van der Waals surface area contributed by atoms with E-state index in [0.717, 1.165) is 34.4 Å². The Morgan fingerprint density at radius 2 is 2.06 bits per heavy atom. The maximum absolute atomic E-state index is 11.6. The predicted molar refractivity (Wildman–Crippen MR) is 68.1 cm³/mol. The minimum Gasteiger partial charge on any atom is -0.481 e. The van der Waals surface area contributed by atoms with Crippen molar-refractivity contribution in [3.8, 4) is 0 Å². The fraction of sp³-hybridized carbons (Fsp3) is 0.385. The van der Waals surface area contributed by atoms with E-state index in [2.05, 4.69) is 0 Å². The van der Waals surface area contributed by atoms with Crippen molar-refractivity contribution >= 4 is 27.6 Å². The molecule has 0 unspecified atom stereocenters. The molecule has 1 aromatic carbocycles.